The van der Waals surface area contributed by atoms with Crippen LogP contribution in [0.2, 0.25) is 0 Å². The molecule has 24 heavy (non-hydrogen) atoms. The zero-order valence-corrected chi connectivity index (χ0v) is 13.0. The Labute approximate surface area is 137 Å². The summed E-state index contributed by atoms with van der Waals surface area (Å²) < 4.78 is 5.97. The quantitative estimate of drug-likeness (QED) is 0.611. The van der Waals surface area contributed by atoms with E-state index in [4.69, 9.17) is 4.42 Å². The zero-order chi connectivity index (χ0) is 15.9. The molecule has 0 aliphatic carbocycles. The Balaban J connectivity index is 1.48. The van der Waals surface area contributed by atoms with Crippen LogP contribution in [0.25, 0.3) is 22.3 Å². The van der Waals surface area contributed by atoms with E-state index < -0.39 is 0 Å². The maximum Gasteiger partial charge on any atom is 0.200 e. The summed E-state index contributed by atoms with van der Waals surface area (Å²) in [7, 11) is 0. The van der Waals surface area contributed by atoms with Crippen LogP contribution in [0, 0.1) is 0 Å². The van der Waals surface area contributed by atoms with Crippen LogP contribution >= 0.6 is 0 Å². The monoisotopic (exact) mass is 320 g/mol. The van der Waals surface area contributed by atoms with E-state index in [1.165, 1.54) is 0 Å². The van der Waals surface area contributed by atoms with E-state index >= 15 is 0 Å². The summed E-state index contributed by atoms with van der Waals surface area (Å²) in [6.45, 7) is 1.79. The highest BCUT2D eigenvalue weighted by Crippen LogP contribution is 2.32. The predicted octanol–water partition coefficient (Wildman–Crippen LogP) is 2.88. The first kappa shape index (κ1) is 13.5. The molecule has 3 aromatic heterocycles. The Kier molecular flexibility index (Phi) is 2.97. The molecule has 1 saturated heterocycles. The zero-order valence-electron chi connectivity index (χ0n) is 13.0. The molecule has 1 aliphatic rings. The number of rotatable bonds is 2. The highest BCUT2D eigenvalue weighted by Gasteiger charge is 2.27. The third-order valence-electron chi connectivity index (χ3n) is 4.58. The van der Waals surface area contributed by atoms with Gasteiger partial charge in [0.25, 0.3) is 0 Å². The Hall–Kier alpha value is -2.96. The van der Waals surface area contributed by atoms with Gasteiger partial charge in [0.05, 0.1) is 12.2 Å². The first-order valence-electron chi connectivity index (χ1n) is 8.13. The molecule has 0 amide bonds. The molecule has 1 N–H and O–H groups in total. The van der Waals surface area contributed by atoms with Crippen molar-refractivity contribution < 1.29 is 4.42 Å². The highest BCUT2D eigenvalue weighted by atomic mass is 16.3. The number of H-pyrrole nitrogens is 1. The number of aromatic nitrogens is 5. The van der Waals surface area contributed by atoms with Gasteiger partial charge in [-0.15, -0.1) is 0 Å². The second kappa shape index (κ2) is 5.30. The van der Waals surface area contributed by atoms with Crippen molar-refractivity contribution in [3.05, 3.63) is 42.8 Å². The van der Waals surface area contributed by atoms with Gasteiger partial charge < -0.3 is 14.3 Å². The smallest absolute Gasteiger partial charge is 0.200 e. The second-order valence-corrected chi connectivity index (χ2v) is 6.10. The standard InChI is InChI=1S/C17H16N6O/c1-2-6-13-12(5-1)22-17(24-13)11-4-3-7-23(8-11)16-14-15(19-9-18-14)20-10-21-16/h1-2,5-6,9-11H,3-4,7-8H2,(H,18,19,20,21)/t11-/m0/s1. The minimum atomic E-state index is 0.263. The first-order chi connectivity index (χ1) is 11.9. The Morgan fingerprint density at radius 3 is 3.08 bits per heavy atom. The molecule has 7 nitrogen and oxygen atoms in total. The number of oxazole rings is 1. The lowest BCUT2D eigenvalue weighted by Gasteiger charge is -2.32. The van der Waals surface area contributed by atoms with Crippen LogP contribution in [-0.2, 0) is 0 Å². The fourth-order valence-electron chi connectivity index (χ4n) is 3.43. The van der Waals surface area contributed by atoms with Crippen LogP contribution in [0.5, 0.6) is 0 Å². The van der Waals surface area contributed by atoms with E-state index in [2.05, 4.69) is 29.8 Å². The van der Waals surface area contributed by atoms with Crippen molar-refractivity contribution in [3.8, 4) is 0 Å². The number of anilines is 1. The van der Waals surface area contributed by atoms with E-state index in [9.17, 15) is 0 Å². The molecule has 0 radical (unpaired) electrons. The van der Waals surface area contributed by atoms with Gasteiger partial charge in [0, 0.05) is 13.1 Å². The van der Waals surface area contributed by atoms with Crippen LogP contribution in [0.1, 0.15) is 24.7 Å². The largest absolute Gasteiger partial charge is 0.440 e. The number of hydrogen-bond acceptors (Lipinski definition) is 6. The van der Waals surface area contributed by atoms with Crippen LogP contribution in [0.15, 0.2) is 41.3 Å². The molecule has 4 aromatic rings. The summed E-state index contributed by atoms with van der Waals surface area (Å²) in [6, 6.07) is 7.91. The van der Waals surface area contributed by atoms with E-state index in [0.717, 1.165) is 54.3 Å². The lowest BCUT2D eigenvalue weighted by atomic mass is 9.98. The van der Waals surface area contributed by atoms with Gasteiger partial charge in [-0.25, -0.2) is 19.9 Å². The maximum atomic E-state index is 5.97. The number of imidazole rings is 1. The third-order valence-corrected chi connectivity index (χ3v) is 4.58. The van der Waals surface area contributed by atoms with E-state index in [1.807, 2.05) is 24.3 Å². The van der Waals surface area contributed by atoms with Gasteiger partial charge in [0.15, 0.2) is 22.9 Å². The molecule has 1 atom stereocenters. The van der Waals surface area contributed by atoms with Crippen molar-refractivity contribution in [2.75, 3.05) is 18.0 Å². The van der Waals surface area contributed by atoms with Gasteiger partial charge in [-0.3, -0.25) is 0 Å². The van der Waals surface area contributed by atoms with Crippen molar-refractivity contribution in [1.29, 1.82) is 0 Å². The van der Waals surface area contributed by atoms with Crippen LogP contribution in [-0.4, -0.2) is 38.0 Å². The van der Waals surface area contributed by atoms with Crippen molar-refractivity contribution in [3.63, 3.8) is 0 Å². The molecule has 0 saturated carbocycles. The summed E-state index contributed by atoms with van der Waals surface area (Å²) in [5.41, 5.74) is 3.35. The SMILES string of the molecule is c1ccc2oc([C@H]3CCCN(c4ncnc5nc[nH]c45)C3)nc2c1. The minimum Gasteiger partial charge on any atom is -0.440 e. The summed E-state index contributed by atoms with van der Waals surface area (Å²) >= 11 is 0. The van der Waals surface area contributed by atoms with E-state index in [1.54, 1.807) is 12.7 Å². The van der Waals surface area contributed by atoms with Crippen molar-refractivity contribution in [2.45, 2.75) is 18.8 Å². The van der Waals surface area contributed by atoms with Gasteiger partial charge in [-0.05, 0) is 25.0 Å². The Morgan fingerprint density at radius 1 is 1.17 bits per heavy atom. The van der Waals surface area contributed by atoms with E-state index in [0.29, 0.717) is 5.65 Å². The van der Waals surface area contributed by atoms with Crippen LogP contribution < -0.4 is 4.90 Å². The molecule has 7 heteroatoms. The van der Waals surface area contributed by atoms with Crippen LogP contribution in [0.3, 0.4) is 0 Å². The van der Waals surface area contributed by atoms with Crippen molar-refractivity contribution in [2.24, 2.45) is 0 Å². The lowest BCUT2D eigenvalue weighted by Crippen LogP contribution is -2.35. The van der Waals surface area contributed by atoms with Gasteiger partial charge in [0.2, 0.25) is 0 Å². The molecule has 5 rings (SSSR count). The molecule has 0 unspecified atom stereocenters. The fourth-order valence-corrected chi connectivity index (χ4v) is 3.43. The minimum absolute atomic E-state index is 0.263. The predicted molar refractivity (Wildman–Crippen MR) is 89.9 cm³/mol. The van der Waals surface area contributed by atoms with Gasteiger partial charge in [-0.2, -0.15) is 0 Å². The average molecular weight is 320 g/mol. The first-order valence-corrected chi connectivity index (χ1v) is 8.13. The summed E-state index contributed by atoms with van der Waals surface area (Å²) in [5.74, 6) is 1.98. The molecular formula is C17H16N6O. The number of piperidine rings is 1. The lowest BCUT2D eigenvalue weighted by molar-refractivity contribution is 0.412. The topological polar surface area (TPSA) is 83.7 Å². The number of fused-ring (bicyclic) bond motifs is 2. The molecule has 0 spiro atoms. The number of benzene rings is 1. The van der Waals surface area contributed by atoms with Crippen molar-refractivity contribution in [1.82, 2.24) is 24.9 Å². The van der Waals surface area contributed by atoms with E-state index in [-0.39, 0.29) is 5.92 Å². The molecule has 1 fully saturated rings. The van der Waals surface area contributed by atoms with Crippen molar-refractivity contribution >= 4 is 28.1 Å². The fraction of sp³-hybridized carbons (Fsp3) is 0.294. The molecule has 120 valence electrons. The highest BCUT2D eigenvalue weighted by molar-refractivity contribution is 5.82. The average Bonchev–Trinajstić information content (AvgIpc) is 3.28. The Morgan fingerprint density at radius 2 is 2.12 bits per heavy atom. The normalized spacial score (nSPS) is 18.5. The summed E-state index contributed by atoms with van der Waals surface area (Å²) in [5, 5.41) is 0. The number of para-hydroxylation sites is 2. The van der Waals surface area contributed by atoms with Gasteiger partial charge in [0.1, 0.15) is 17.4 Å². The number of nitrogens with one attached hydrogen (secondary N) is 1. The molecular weight excluding hydrogens is 304 g/mol. The molecule has 0 bridgehead atoms. The maximum absolute atomic E-state index is 5.97. The van der Waals surface area contributed by atoms with Gasteiger partial charge >= 0.3 is 0 Å². The number of aromatic amines is 1. The molecule has 1 aromatic carbocycles. The second-order valence-electron chi connectivity index (χ2n) is 6.10. The molecule has 1 aliphatic heterocycles. The molecule has 4 heterocycles. The summed E-state index contributed by atoms with van der Waals surface area (Å²) in [6.07, 6.45) is 5.37. The Bertz CT molecular complexity index is 973. The summed E-state index contributed by atoms with van der Waals surface area (Å²) in [4.78, 5) is 23.0. The third kappa shape index (κ3) is 2.12. The van der Waals surface area contributed by atoms with Crippen LogP contribution in [0.4, 0.5) is 5.82 Å². The number of hydrogen-bond donors (Lipinski definition) is 1. The number of nitrogens with zero attached hydrogens (tertiary/aromatic N) is 5. The van der Waals surface area contributed by atoms with Gasteiger partial charge in [-0.1, -0.05) is 12.1 Å².